The van der Waals surface area contributed by atoms with Crippen molar-refractivity contribution in [1.29, 1.82) is 10.5 Å². The normalized spacial score (nSPS) is 14.6. The van der Waals surface area contributed by atoms with Crippen LogP contribution in [0.3, 0.4) is 0 Å². The summed E-state index contributed by atoms with van der Waals surface area (Å²) in [6.07, 6.45) is 3.96. The molecule has 1 unspecified atom stereocenters. The lowest BCUT2D eigenvalue weighted by Crippen LogP contribution is -2.33. The highest BCUT2D eigenvalue weighted by Gasteiger charge is 2.54. The van der Waals surface area contributed by atoms with Gasteiger partial charge in [-0.3, -0.25) is 9.97 Å². The van der Waals surface area contributed by atoms with Crippen molar-refractivity contribution < 1.29 is 4.74 Å². The minimum atomic E-state index is -1.13. The monoisotopic (exact) mass is 1080 g/mol. The zero-order valence-electron chi connectivity index (χ0n) is 44.0. The minimum absolute atomic E-state index is 0.536. The van der Waals surface area contributed by atoms with Crippen molar-refractivity contribution in [3.63, 3.8) is 0 Å². The van der Waals surface area contributed by atoms with Gasteiger partial charge in [0.2, 0.25) is 0 Å². The Labute approximate surface area is 479 Å². The number of nitrogens with zero attached hydrogens (tertiary/aromatic N) is 8. The second-order valence-corrected chi connectivity index (χ2v) is 22.6. The van der Waals surface area contributed by atoms with Crippen LogP contribution in [0.15, 0.2) is 253 Å². The van der Waals surface area contributed by atoms with Gasteiger partial charge in [0.05, 0.1) is 120 Å². The van der Waals surface area contributed by atoms with Crippen LogP contribution in [0, 0.1) is 22.7 Å². The fourth-order valence-corrected chi connectivity index (χ4v) is 15.1. The molecule has 5 aromatic heterocycles. The maximum absolute atomic E-state index is 10.2. The molecular weight excluding hydrogens is 1040 g/mol. The first kappa shape index (κ1) is 45.7. The average Bonchev–Trinajstić information content (AvgIpc) is 1.82. The molecule has 0 fully saturated rings. The number of hydrogen-bond donors (Lipinski definition) is 0. The molecule has 1 atom stereocenters. The second kappa shape index (κ2) is 16.9. The third-order valence-corrected chi connectivity index (χ3v) is 18.5. The van der Waals surface area contributed by atoms with Crippen molar-refractivity contribution in [3.05, 3.63) is 276 Å². The molecular formula is C73H40N8OS. The van der Waals surface area contributed by atoms with Crippen LogP contribution in [0.4, 0.5) is 17.1 Å². The molecule has 1 aliphatic carbocycles. The summed E-state index contributed by atoms with van der Waals surface area (Å²) in [5.74, 6) is 1.42. The van der Waals surface area contributed by atoms with Crippen molar-refractivity contribution in [3.8, 4) is 52.1 Å². The summed E-state index contributed by atoms with van der Waals surface area (Å²) in [6, 6.07) is 86.0. The minimum Gasteiger partial charge on any atom is -0.452 e. The molecule has 0 N–H and O–H groups in total. The number of aromatic nitrogens is 5. The van der Waals surface area contributed by atoms with Crippen molar-refractivity contribution in [1.82, 2.24) is 23.7 Å². The number of anilines is 3. The van der Waals surface area contributed by atoms with Crippen molar-refractivity contribution >= 4 is 94.2 Å². The van der Waals surface area contributed by atoms with E-state index in [4.69, 9.17) is 14.7 Å². The summed E-state index contributed by atoms with van der Waals surface area (Å²) in [4.78, 5) is 15.9. The molecule has 10 heteroatoms. The number of ether oxygens (including phenoxy) is 1. The van der Waals surface area contributed by atoms with Crippen LogP contribution < -0.4 is 9.64 Å². The van der Waals surface area contributed by atoms with Gasteiger partial charge in [-0.1, -0.05) is 133 Å². The second-order valence-electron chi connectivity index (χ2n) is 21.5. The molecule has 7 heterocycles. The van der Waals surface area contributed by atoms with E-state index in [9.17, 15) is 10.5 Å². The Morgan fingerprint density at radius 2 is 0.759 bits per heavy atom. The SMILES string of the molecule is N#Cc1ccc2c(c1)c1cc(C#N)ccc1n2-c1cnc2c(c1)C1(c3cc(-n4c5ccccc5c5ccccc54)cnc3-2)c2cccc(N3c4ccccc4Sc4ccccc43)c2Oc2c(-n3c4ccccc4c4ccccc43)cccc21. The molecule has 0 bridgehead atoms. The van der Waals surface area contributed by atoms with Crippen LogP contribution in [0.1, 0.15) is 33.4 Å². The van der Waals surface area contributed by atoms with E-state index in [0.29, 0.717) is 22.6 Å². The molecule has 0 saturated heterocycles. The Morgan fingerprint density at radius 1 is 0.361 bits per heavy atom. The van der Waals surface area contributed by atoms with E-state index in [0.717, 1.165) is 143 Å². The summed E-state index contributed by atoms with van der Waals surface area (Å²) < 4.78 is 14.9. The summed E-state index contributed by atoms with van der Waals surface area (Å²) in [5, 5.41) is 26.8. The molecule has 15 aromatic rings. The number of benzene rings is 10. The van der Waals surface area contributed by atoms with Crippen LogP contribution in [0.2, 0.25) is 0 Å². The molecule has 9 nitrogen and oxygen atoms in total. The lowest BCUT2D eigenvalue weighted by atomic mass is 9.66. The van der Waals surface area contributed by atoms with Crippen molar-refractivity contribution in [2.45, 2.75) is 15.2 Å². The van der Waals surface area contributed by atoms with E-state index in [1.807, 2.05) is 48.8 Å². The maximum atomic E-state index is 10.2. The predicted molar refractivity (Wildman–Crippen MR) is 331 cm³/mol. The molecule has 83 heavy (non-hydrogen) atoms. The van der Waals surface area contributed by atoms with Gasteiger partial charge in [0.15, 0.2) is 11.5 Å². The van der Waals surface area contributed by atoms with Crippen molar-refractivity contribution in [2.24, 2.45) is 0 Å². The molecule has 3 aliphatic rings. The lowest BCUT2D eigenvalue weighted by Gasteiger charge is -2.42. The zero-order chi connectivity index (χ0) is 54.7. The van der Waals surface area contributed by atoms with Crippen LogP contribution in [0.25, 0.3) is 93.9 Å². The Kier molecular flexibility index (Phi) is 9.32. The van der Waals surface area contributed by atoms with Gasteiger partial charge in [-0.15, -0.1) is 0 Å². The van der Waals surface area contributed by atoms with E-state index in [1.54, 1.807) is 11.8 Å². The first-order valence-electron chi connectivity index (χ1n) is 27.6. The van der Waals surface area contributed by atoms with Gasteiger partial charge < -0.3 is 23.3 Å². The van der Waals surface area contributed by atoms with Crippen LogP contribution in [-0.2, 0) is 5.41 Å². The smallest absolute Gasteiger partial charge is 0.156 e. The molecule has 10 aromatic carbocycles. The topological polar surface area (TPSA) is 101 Å². The van der Waals surface area contributed by atoms with E-state index in [-0.39, 0.29) is 0 Å². The highest BCUT2D eigenvalue weighted by atomic mass is 32.2. The summed E-state index contributed by atoms with van der Waals surface area (Å²) in [7, 11) is 0. The van der Waals surface area contributed by atoms with Gasteiger partial charge in [-0.25, -0.2) is 0 Å². The van der Waals surface area contributed by atoms with Crippen LogP contribution in [-0.4, -0.2) is 23.7 Å². The molecule has 18 rings (SSSR count). The molecule has 1 spiro atoms. The van der Waals surface area contributed by atoms with Gasteiger partial charge in [0.1, 0.15) is 0 Å². The standard InChI is InChI=1S/C73H40N8OS/c74-39-43-31-33-61-51(35-43)52-36-44(40-75)32-34-62(52)79(61)46-38-56-70(77-42-46)69-55(37-45(41-76-69)78-57-21-5-1-15-47(57)48-16-2-6-22-58(48)78)73(56)53-19-13-27-65(80-59-23-7-3-17-49(59)50-18-4-8-24-60(50)80)71(53)82-72-54(73)20-14-28-66(72)81-63-25-9-11-29-67(63)83-68-30-12-10-26-64(68)81/h1-38,41-42H. The van der Waals surface area contributed by atoms with Gasteiger partial charge in [-0.05, 0) is 109 Å². The zero-order valence-corrected chi connectivity index (χ0v) is 44.8. The quantitative estimate of drug-likeness (QED) is 0.173. The Balaban J connectivity index is 1.01. The third-order valence-electron chi connectivity index (χ3n) is 17.4. The average molecular weight is 1080 g/mol. The largest absolute Gasteiger partial charge is 0.452 e. The summed E-state index contributed by atoms with van der Waals surface area (Å²) in [5.41, 5.74) is 16.9. The Morgan fingerprint density at radius 3 is 1.24 bits per heavy atom. The number of fused-ring (bicyclic) bond motifs is 20. The molecule has 0 amide bonds. The highest BCUT2D eigenvalue weighted by molar-refractivity contribution is 7.99. The van der Waals surface area contributed by atoms with E-state index >= 15 is 0 Å². The van der Waals surface area contributed by atoms with Gasteiger partial charge >= 0.3 is 0 Å². The first-order valence-corrected chi connectivity index (χ1v) is 28.4. The van der Waals surface area contributed by atoms with Crippen LogP contribution in [0.5, 0.6) is 11.5 Å². The van der Waals surface area contributed by atoms with Crippen molar-refractivity contribution in [2.75, 3.05) is 4.90 Å². The molecule has 384 valence electrons. The fraction of sp³-hybridized carbons (Fsp3) is 0.0137. The molecule has 0 saturated carbocycles. The van der Waals surface area contributed by atoms with E-state index < -0.39 is 5.41 Å². The van der Waals surface area contributed by atoms with Gasteiger partial charge in [-0.2, -0.15) is 10.5 Å². The maximum Gasteiger partial charge on any atom is 0.156 e. The number of hydrogen-bond acceptors (Lipinski definition) is 7. The highest BCUT2D eigenvalue weighted by Crippen LogP contribution is 2.66. The van der Waals surface area contributed by atoms with Gasteiger partial charge in [0, 0.05) is 64.4 Å². The van der Waals surface area contributed by atoms with E-state index in [1.165, 1.54) is 0 Å². The lowest BCUT2D eigenvalue weighted by molar-refractivity contribution is 0.435. The Bertz CT molecular complexity index is 5260. The molecule has 2 aliphatic heterocycles. The van der Waals surface area contributed by atoms with Gasteiger partial charge in [0.25, 0.3) is 0 Å². The summed E-state index contributed by atoms with van der Waals surface area (Å²) in [6.45, 7) is 0. The number of rotatable bonds is 4. The molecule has 0 radical (unpaired) electrons. The van der Waals surface area contributed by atoms with Crippen LogP contribution >= 0.6 is 11.8 Å². The first-order chi connectivity index (χ1) is 41.1. The number of pyridine rings is 2. The summed E-state index contributed by atoms with van der Waals surface area (Å²) >= 11 is 1.78. The number of nitriles is 2. The fourth-order valence-electron chi connectivity index (χ4n) is 14.1. The predicted octanol–water partition coefficient (Wildman–Crippen LogP) is 17.9. The third kappa shape index (κ3) is 6.09. The number of para-hydroxylation sites is 8. The van der Waals surface area contributed by atoms with E-state index in [2.05, 4.69) is 225 Å². The Hall–Kier alpha value is -11.2.